The van der Waals surface area contributed by atoms with Crippen molar-refractivity contribution in [3.05, 3.63) is 138 Å². The Kier molecular flexibility index (Phi) is 19.7. The van der Waals surface area contributed by atoms with E-state index >= 15 is 0 Å². The summed E-state index contributed by atoms with van der Waals surface area (Å²) in [6.07, 6.45) is 17.5. The van der Waals surface area contributed by atoms with E-state index in [0.29, 0.717) is 58.7 Å². The van der Waals surface area contributed by atoms with Gasteiger partial charge >= 0.3 is 11.9 Å². The van der Waals surface area contributed by atoms with Crippen LogP contribution in [0.2, 0.25) is 0 Å². The molecule has 0 bridgehead atoms. The number of pyridine rings is 1. The molecule has 4 aromatic rings. The summed E-state index contributed by atoms with van der Waals surface area (Å²) in [6.45, 7) is 6.12. The molecule has 1 aromatic heterocycles. The summed E-state index contributed by atoms with van der Waals surface area (Å²) in [5.74, 6) is 1.43. The zero-order valence-corrected chi connectivity index (χ0v) is 35.2. The fourth-order valence-corrected chi connectivity index (χ4v) is 7.06. The van der Waals surface area contributed by atoms with Gasteiger partial charge in [0.15, 0.2) is 6.29 Å². The number of allylic oxidation sites excluding steroid dienone is 3. The normalized spacial score (nSPS) is 16.7. The number of hydrogen-bond acceptors (Lipinski definition) is 10. The van der Waals surface area contributed by atoms with Gasteiger partial charge in [0.2, 0.25) is 0 Å². The van der Waals surface area contributed by atoms with E-state index < -0.39 is 6.29 Å². The molecule has 0 amide bonds. The number of ether oxygens (including phenoxy) is 6. The minimum atomic E-state index is -0.613. The molecule has 10 nitrogen and oxygen atoms in total. The molecular weight excluding hydrogens is 759 g/mol. The lowest BCUT2D eigenvalue weighted by atomic mass is 9.91. The van der Waals surface area contributed by atoms with E-state index in [1.165, 1.54) is 0 Å². The molecule has 60 heavy (non-hydrogen) atoms. The molecule has 0 aliphatic carbocycles. The van der Waals surface area contributed by atoms with Crippen LogP contribution in [-0.2, 0) is 28.5 Å². The smallest absolute Gasteiger partial charge is 0.306 e. The molecule has 3 atom stereocenters. The molecule has 1 aliphatic heterocycles. The SMILES string of the molecule is CCOC(=O)CC/C=C\C[C@@H]1CO[C@H](c2cccc(OCCCCCCOc3ccc(/C(=C\CCCCC(=O)OCC)c4cccnc4)cc3)c2)O[C@@H]1c1ccccc1O. The van der Waals surface area contributed by atoms with Crippen LogP contribution < -0.4 is 9.47 Å². The fraction of sp³-hybridized carbons (Fsp3) is 0.420. The summed E-state index contributed by atoms with van der Waals surface area (Å²) in [7, 11) is 0. The van der Waals surface area contributed by atoms with E-state index in [4.69, 9.17) is 28.4 Å². The number of rotatable bonds is 25. The fourth-order valence-electron chi connectivity index (χ4n) is 7.06. The molecule has 0 saturated carbocycles. The monoisotopic (exact) mass is 819 g/mol. The number of aromatic nitrogens is 1. The molecule has 5 rings (SSSR count). The lowest BCUT2D eigenvalue weighted by Crippen LogP contribution is -2.30. The average molecular weight is 820 g/mol. The predicted octanol–water partition coefficient (Wildman–Crippen LogP) is 11.1. The van der Waals surface area contributed by atoms with Crippen molar-refractivity contribution in [2.45, 2.75) is 96.9 Å². The number of para-hydroxylation sites is 1. The number of phenolic OH excluding ortho intramolecular Hbond substituents is 1. The summed E-state index contributed by atoms with van der Waals surface area (Å²) in [4.78, 5) is 27.7. The van der Waals surface area contributed by atoms with E-state index in [1.54, 1.807) is 25.3 Å². The number of carbonyl (C=O) groups is 2. The van der Waals surface area contributed by atoms with Crippen molar-refractivity contribution in [1.29, 1.82) is 0 Å². The standard InChI is InChI=1S/C50H61NO9/c1-3-55-47(53)26-11-7-9-19-41-37-59-50(60-49(41)45-24-13-14-25-46(45)52)39-20-17-22-43(35-39)58-34-16-6-5-15-33-57-42-30-28-38(29-31-42)44(40-21-18-32-51-36-40)23-10-8-12-27-48(54)56-4-2/h7,9,13-14,17-18,20-25,28-32,35-36,41,49-50,52H,3-6,8,10-12,15-16,19,26-27,33-34,37H2,1-2H3/b9-7-,44-23+/t41-,49+,50+/m1/s1. The van der Waals surface area contributed by atoms with Gasteiger partial charge in [0.1, 0.15) is 17.2 Å². The molecule has 1 aliphatic rings. The Morgan fingerprint density at radius 3 is 2.23 bits per heavy atom. The number of unbranched alkanes of at least 4 members (excludes halogenated alkanes) is 5. The van der Waals surface area contributed by atoms with Gasteiger partial charge in [-0.3, -0.25) is 14.6 Å². The van der Waals surface area contributed by atoms with Crippen LogP contribution in [-0.4, -0.2) is 55.1 Å². The Morgan fingerprint density at radius 1 is 0.750 bits per heavy atom. The zero-order valence-electron chi connectivity index (χ0n) is 35.2. The Hall–Kier alpha value is -5.45. The van der Waals surface area contributed by atoms with Crippen molar-refractivity contribution >= 4 is 17.5 Å². The molecule has 1 saturated heterocycles. The van der Waals surface area contributed by atoms with Crippen molar-refractivity contribution < 1.29 is 43.1 Å². The van der Waals surface area contributed by atoms with E-state index in [0.717, 1.165) is 84.3 Å². The van der Waals surface area contributed by atoms with Crippen LogP contribution in [0.1, 0.15) is 119 Å². The van der Waals surface area contributed by atoms with Crippen molar-refractivity contribution in [3.8, 4) is 17.2 Å². The van der Waals surface area contributed by atoms with Crippen molar-refractivity contribution in [3.63, 3.8) is 0 Å². The second kappa shape index (κ2) is 25.9. The van der Waals surface area contributed by atoms with Gasteiger partial charge in [-0.05, 0) is 119 Å². The van der Waals surface area contributed by atoms with Gasteiger partial charge in [0.05, 0.1) is 39.1 Å². The Labute approximate surface area is 355 Å². The Balaban J connectivity index is 1.03. The van der Waals surface area contributed by atoms with Crippen LogP contribution in [0.25, 0.3) is 5.57 Å². The van der Waals surface area contributed by atoms with E-state index in [1.807, 2.05) is 79.9 Å². The van der Waals surface area contributed by atoms with Gasteiger partial charge in [0.25, 0.3) is 0 Å². The van der Waals surface area contributed by atoms with Crippen LogP contribution in [0.3, 0.4) is 0 Å². The zero-order chi connectivity index (χ0) is 42.2. The van der Waals surface area contributed by atoms with Crippen LogP contribution in [0.5, 0.6) is 17.2 Å². The van der Waals surface area contributed by atoms with Gasteiger partial charge in [0, 0.05) is 47.8 Å². The molecule has 1 fully saturated rings. The van der Waals surface area contributed by atoms with Gasteiger partial charge in [-0.1, -0.05) is 66.8 Å². The summed E-state index contributed by atoms with van der Waals surface area (Å²) < 4.78 is 35.1. The van der Waals surface area contributed by atoms with Crippen molar-refractivity contribution in [1.82, 2.24) is 4.98 Å². The lowest BCUT2D eigenvalue weighted by molar-refractivity contribution is -0.244. The molecule has 0 unspecified atom stereocenters. The number of benzene rings is 3. The second-order valence-electron chi connectivity index (χ2n) is 14.7. The quantitative estimate of drug-likeness (QED) is 0.0393. The minimum Gasteiger partial charge on any atom is -0.508 e. The second-order valence-corrected chi connectivity index (χ2v) is 14.7. The summed E-state index contributed by atoms with van der Waals surface area (Å²) in [6, 6.07) is 27.3. The Morgan fingerprint density at radius 2 is 1.50 bits per heavy atom. The number of hydrogen-bond donors (Lipinski definition) is 1. The maximum absolute atomic E-state index is 11.7. The third-order valence-electron chi connectivity index (χ3n) is 10.2. The highest BCUT2D eigenvalue weighted by Gasteiger charge is 2.34. The van der Waals surface area contributed by atoms with Gasteiger partial charge in [-0.25, -0.2) is 0 Å². The molecule has 0 radical (unpaired) electrons. The number of nitrogens with zero attached hydrogens (tertiary/aromatic N) is 1. The van der Waals surface area contributed by atoms with Gasteiger partial charge < -0.3 is 33.5 Å². The molecule has 320 valence electrons. The minimum absolute atomic E-state index is 0.0231. The highest BCUT2D eigenvalue weighted by Crippen LogP contribution is 2.43. The third kappa shape index (κ3) is 15.3. The van der Waals surface area contributed by atoms with E-state index in [-0.39, 0.29) is 29.7 Å². The maximum Gasteiger partial charge on any atom is 0.306 e. The molecule has 10 heteroatoms. The summed E-state index contributed by atoms with van der Waals surface area (Å²) >= 11 is 0. The molecule has 1 N–H and O–H groups in total. The average Bonchev–Trinajstić information content (AvgIpc) is 3.27. The van der Waals surface area contributed by atoms with Gasteiger partial charge in [-0.15, -0.1) is 0 Å². The number of esters is 2. The van der Waals surface area contributed by atoms with E-state index in [9.17, 15) is 14.7 Å². The van der Waals surface area contributed by atoms with Crippen LogP contribution in [0.15, 0.2) is 116 Å². The van der Waals surface area contributed by atoms with Crippen molar-refractivity contribution in [2.24, 2.45) is 5.92 Å². The largest absolute Gasteiger partial charge is 0.508 e. The third-order valence-corrected chi connectivity index (χ3v) is 10.2. The Bertz CT molecular complexity index is 1930. The number of aromatic hydroxyl groups is 1. The maximum atomic E-state index is 11.7. The van der Waals surface area contributed by atoms with Crippen LogP contribution in [0, 0.1) is 5.92 Å². The van der Waals surface area contributed by atoms with Crippen LogP contribution >= 0.6 is 0 Å². The lowest BCUT2D eigenvalue weighted by Gasteiger charge is -2.37. The summed E-state index contributed by atoms with van der Waals surface area (Å²) in [5.41, 5.74) is 4.85. The first kappa shape index (κ1) is 45.6. The van der Waals surface area contributed by atoms with Crippen molar-refractivity contribution in [2.75, 3.05) is 33.0 Å². The first-order valence-corrected chi connectivity index (χ1v) is 21.5. The highest BCUT2D eigenvalue weighted by molar-refractivity contribution is 5.79. The number of carbonyl (C=O) groups excluding carboxylic acids is 2. The summed E-state index contributed by atoms with van der Waals surface area (Å²) in [5, 5.41) is 10.7. The molecular formula is C50H61NO9. The molecule has 3 aromatic carbocycles. The highest BCUT2D eigenvalue weighted by atomic mass is 16.7. The first-order valence-electron chi connectivity index (χ1n) is 21.5. The van der Waals surface area contributed by atoms with Gasteiger partial charge in [-0.2, -0.15) is 0 Å². The molecule has 0 spiro atoms. The van der Waals surface area contributed by atoms with E-state index in [2.05, 4.69) is 29.3 Å². The van der Waals surface area contributed by atoms with Crippen LogP contribution in [0.4, 0.5) is 0 Å². The molecule has 2 heterocycles. The topological polar surface area (TPSA) is 123 Å². The predicted molar refractivity (Wildman–Crippen MR) is 232 cm³/mol. The first-order chi connectivity index (χ1) is 29.4. The number of phenols is 1.